The molecule has 4 rings (SSSR count). The lowest BCUT2D eigenvalue weighted by atomic mass is 10.0. The molecule has 0 unspecified atom stereocenters. The molecule has 1 fully saturated rings. The highest BCUT2D eigenvalue weighted by Gasteiger charge is 2.37. The Morgan fingerprint density at radius 1 is 1.28 bits per heavy atom. The van der Waals surface area contributed by atoms with Crippen molar-refractivity contribution in [3.05, 3.63) is 50.2 Å². The first-order valence-electron chi connectivity index (χ1n) is 11.7. The second kappa shape index (κ2) is 10.2. The lowest BCUT2D eigenvalue weighted by Gasteiger charge is -2.38. The number of nitrogens with one attached hydrogen (secondary N) is 1. The maximum atomic E-state index is 13.3. The third kappa shape index (κ3) is 4.91. The minimum atomic E-state index is -3.84. The average molecular weight is 521 g/mol. The third-order valence-corrected chi connectivity index (χ3v) is 7.83. The smallest absolute Gasteiger partial charge is 0.294 e. The van der Waals surface area contributed by atoms with E-state index in [2.05, 4.69) is 19.9 Å². The van der Waals surface area contributed by atoms with Gasteiger partial charge in [-0.05, 0) is 50.8 Å². The van der Waals surface area contributed by atoms with Gasteiger partial charge >= 0.3 is 0 Å². The van der Waals surface area contributed by atoms with E-state index in [4.69, 9.17) is 4.74 Å². The molecule has 1 N–H and O–H groups in total. The first-order chi connectivity index (χ1) is 17.1. The van der Waals surface area contributed by atoms with E-state index in [1.165, 1.54) is 21.0 Å². The maximum Gasteiger partial charge on any atom is 0.294 e. The zero-order valence-electron chi connectivity index (χ0n) is 20.3. The number of sulfonamides is 1. The van der Waals surface area contributed by atoms with E-state index in [0.29, 0.717) is 47.8 Å². The van der Waals surface area contributed by atoms with Gasteiger partial charge in [0.25, 0.3) is 10.6 Å². The SMILES string of the molecule is CCCc1nc(C)c2c(=O)[nH]c(-c3cc(S(=O)(=O)N4CC(CCO[N+](=O)[O-])C4)ccc3OCC)nn12. The zero-order valence-corrected chi connectivity index (χ0v) is 21.1. The standard InChI is InChI=1S/C22H28N6O7S/c1-4-6-19-23-14(3)20-22(29)24-21(25-27(19)20)17-11-16(7-8-18(17)34-5-2)36(32,33)26-12-15(13-26)9-10-35-28(30)31/h7-8,11,15H,4-6,9-10,12-13H2,1-3H3,(H,24,25,29). The van der Waals surface area contributed by atoms with Crippen molar-refractivity contribution < 1.29 is 23.1 Å². The van der Waals surface area contributed by atoms with Crippen molar-refractivity contribution in [1.82, 2.24) is 23.9 Å². The van der Waals surface area contributed by atoms with E-state index < -0.39 is 15.1 Å². The predicted molar refractivity (Wildman–Crippen MR) is 129 cm³/mol. The number of fused-ring (bicyclic) bond motifs is 1. The first-order valence-corrected chi connectivity index (χ1v) is 13.1. The van der Waals surface area contributed by atoms with Gasteiger partial charge < -0.3 is 14.6 Å². The monoisotopic (exact) mass is 520 g/mol. The molecule has 0 aliphatic carbocycles. The van der Waals surface area contributed by atoms with E-state index in [9.17, 15) is 23.3 Å². The van der Waals surface area contributed by atoms with Gasteiger partial charge in [-0.2, -0.15) is 4.31 Å². The van der Waals surface area contributed by atoms with Gasteiger partial charge in [0.2, 0.25) is 10.0 Å². The molecule has 0 radical (unpaired) electrons. The molecule has 1 aliphatic rings. The van der Waals surface area contributed by atoms with Crippen LogP contribution in [0.15, 0.2) is 27.9 Å². The highest BCUT2D eigenvalue weighted by Crippen LogP contribution is 2.33. The second-order valence-corrected chi connectivity index (χ2v) is 10.5. The lowest BCUT2D eigenvalue weighted by Crippen LogP contribution is -2.50. The Morgan fingerprint density at radius 3 is 2.69 bits per heavy atom. The fourth-order valence-electron chi connectivity index (χ4n) is 4.22. The number of aromatic nitrogens is 4. The number of aryl methyl sites for hydroxylation is 2. The van der Waals surface area contributed by atoms with Gasteiger partial charge in [0.15, 0.2) is 11.3 Å². The van der Waals surface area contributed by atoms with Gasteiger partial charge in [-0.15, -0.1) is 15.2 Å². The molecule has 0 spiro atoms. The van der Waals surface area contributed by atoms with Crippen LogP contribution in [0.3, 0.4) is 0 Å². The minimum Gasteiger partial charge on any atom is -0.493 e. The number of H-pyrrole nitrogens is 1. The van der Waals surface area contributed by atoms with E-state index in [-0.39, 0.29) is 41.9 Å². The van der Waals surface area contributed by atoms with Crippen LogP contribution in [0.4, 0.5) is 0 Å². The van der Waals surface area contributed by atoms with Crippen LogP contribution >= 0.6 is 0 Å². The van der Waals surface area contributed by atoms with E-state index in [1.54, 1.807) is 19.9 Å². The number of rotatable bonds is 11. The van der Waals surface area contributed by atoms with Crippen molar-refractivity contribution in [2.24, 2.45) is 5.92 Å². The van der Waals surface area contributed by atoms with Crippen molar-refractivity contribution in [2.45, 2.75) is 44.9 Å². The van der Waals surface area contributed by atoms with Gasteiger partial charge in [0, 0.05) is 19.5 Å². The van der Waals surface area contributed by atoms with Crippen LogP contribution in [-0.4, -0.2) is 63.7 Å². The summed E-state index contributed by atoms with van der Waals surface area (Å²) in [6.45, 7) is 6.28. The predicted octanol–water partition coefficient (Wildman–Crippen LogP) is 1.96. The molecule has 0 bridgehead atoms. The molecule has 194 valence electrons. The molecule has 1 aliphatic heterocycles. The molecular formula is C22H28N6O7S. The Bertz CT molecular complexity index is 1440. The van der Waals surface area contributed by atoms with Crippen LogP contribution in [0.5, 0.6) is 5.75 Å². The van der Waals surface area contributed by atoms with Crippen molar-refractivity contribution in [2.75, 3.05) is 26.3 Å². The van der Waals surface area contributed by atoms with Crippen LogP contribution in [-0.2, 0) is 21.3 Å². The van der Waals surface area contributed by atoms with Gasteiger partial charge in [-0.3, -0.25) is 4.79 Å². The zero-order chi connectivity index (χ0) is 26.0. The fourth-order valence-corrected chi connectivity index (χ4v) is 5.84. The molecule has 14 heteroatoms. The summed E-state index contributed by atoms with van der Waals surface area (Å²) >= 11 is 0. The normalized spacial score (nSPS) is 14.6. The van der Waals surface area contributed by atoms with Crippen LogP contribution in [0.1, 0.15) is 38.2 Å². The summed E-state index contributed by atoms with van der Waals surface area (Å²) in [4.78, 5) is 34.8. The Kier molecular flexibility index (Phi) is 7.26. The van der Waals surface area contributed by atoms with Crippen LogP contribution < -0.4 is 10.3 Å². The second-order valence-electron chi connectivity index (χ2n) is 8.55. The van der Waals surface area contributed by atoms with Gasteiger partial charge in [0.05, 0.1) is 29.4 Å². The van der Waals surface area contributed by atoms with Crippen molar-refractivity contribution in [1.29, 1.82) is 0 Å². The molecule has 3 aromatic rings. The van der Waals surface area contributed by atoms with Crippen LogP contribution in [0, 0.1) is 23.0 Å². The number of hydrogen-bond acceptors (Lipinski definition) is 9. The fraction of sp³-hybridized carbons (Fsp3) is 0.500. The van der Waals surface area contributed by atoms with Gasteiger partial charge in [0.1, 0.15) is 11.6 Å². The molecule has 0 amide bonds. The summed E-state index contributed by atoms with van der Waals surface area (Å²) < 4.78 is 35.0. The topological polar surface area (TPSA) is 162 Å². The summed E-state index contributed by atoms with van der Waals surface area (Å²) in [5.74, 6) is 1.17. The summed E-state index contributed by atoms with van der Waals surface area (Å²) in [7, 11) is -3.84. The Hall–Kier alpha value is -3.52. The van der Waals surface area contributed by atoms with E-state index in [1.807, 2.05) is 6.92 Å². The Balaban J connectivity index is 1.68. The number of hydrogen-bond donors (Lipinski definition) is 1. The summed E-state index contributed by atoms with van der Waals surface area (Å²) in [6, 6.07) is 4.44. The largest absolute Gasteiger partial charge is 0.493 e. The molecule has 13 nitrogen and oxygen atoms in total. The quantitative estimate of drug-likeness (QED) is 0.294. The average Bonchev–Trinajstić information content (AvgIpc) is 3.11. The summed E-state index contributed by atoms with van der Waals surface area (Å²) in [5.41, 5.74) is 0.862. The van der Waals surface area contributed by atoms with Crippen molar-refractivity contribution in [3.63, 3.8) is 0 Å². The highest BCUT2D eigenvalue weighted by atomic mass is 32.2. The Morgan fingerprint density at radius 2 is 2.03 bits per heavy atom. The molecule has 1 aromatic carbocycles. The Labute approximate surface area is 207 Å². The van der Waals surface area contributed by atoms with Crippen LogP contribution in [0.2, 0.25) is 0 Å². The summed E-state index contributed by atoms with van der Waals surface area (Å²) in [5, 5.41) is 14.0. The molecule has 1 saturated heterocycles. The lowest BCUT2D eigenvalue weighted by molar-refractivity contribution is -0.758. The van der Waals surface area contributed by atoms with E-state index >= 15 is 0 Å². The van der Waals surface area contributed by atoms with Gasteiger partial charge in [-0.1, -0.05) is 6.92 Å². The van der Waals surface area contributed by atoms with Crippen LogP contribution in [0.25, 0.3) is 16.9 Å². The van der Waals surface area contributed by atoms with E-state index in [0.717, 1.165) is 6.42 Å². The highest BCUT2D eigenvalue weighted by molar-refractivity contribution is 7.89. The number of benzene rings is 1. The molecular weight excluding hydrogens is 492 g/mol. The maximum absolute atomic E-state index is 13.3. The molecule has 0 saturated carbocycles. The third-order valence-electron chi connectivity index (χ3n) is 6.01. The number of imidazole rings is 1. The molecule has 0 atom stereocenters. The number of nitrogens with zero attached hydrogens (tertiary/aromatic N) is 5. The van der Waals surface area contributed by atoms with Crippen molar-refractivity contribution >= 4 is 15.5 Å². The molecule has 3 heterocycles. The van der Waals surface area contributed by atoms with Gasteiger partial charge in [-0.25, -0.2) is 17.9 Å². The summed E-state index contributed by atoms with van der Waals surface area (Å²) in [6.07, 6.45) is 1.83. The molecule has 36 heavy (non-hydrogen) atoms. The first kappa shape index (κ1) is 25.6. The number of aromatic amines is 1. The number of ether oxygens (including phenoxy) is 1. The molecule has 2 aromatic heterocycles. The minimum absolute atomic E-state index is 0.0243. The van der Waals surface area contributed by atoms with Crippen molar-refractivity contribution in [3.8, 4) is 17.1 Å².